The third-order valence-electron chi connectivity index (χ3n) is 3.57. The molecule has 2 rings (SSSR count). The first-order valence-corrected chi connectivity index (χ1v) is 8.23. The lowest BCUT2D eigenvalue weighted by molar-refractivity contribution is 0.443. The number of hydrogen-bond donors (Lipinski definition) is 0. The van der Waals surface area contributed by atoms with Gasteiger partial charge in [-0.1, -0.05) is 20.3 Å². The smallest absolute Gasteiger partial charge is 0.139 e. The lowest BCUT2D eigenvalue weighted by Crippen LogP contribution is -2.12. The standard InChI is InChI=1S/C15H19BrClFN2/c1-4-6-10(5-2)20-14-7-11(16)12(18)8-13(14)19-15(20)9(3)17/h7-10H,4-6H2,1-3H3. The Morgan fingerprint density at radius 1 is 1.40 bits per heavy atom. The molecule has 0 N–H and O–H groups in total. The van der Waals surface area contributed by atoms with Crippen molar-refractivity contribution in [2.24, 2.45) is 0 Å². The van der Waals surface area contributed by atoms with Gasteiger partial charge in [-0.05, 0) is 41.8 Å². The van der Waals surface area contributed by atoms with Crippen molar-refractivity contribution in [1.29, 1.82) is 0 Å². The number of benzene rings is 1. The molecule has 0 amide bonds. The summed E-state index contributed by atoms with van der Waals surface area (Å²) in [6.07, 6.45) is 3.16. The van der Waals surface area contributed by atoms with E-state index in [0.29, 0.717) is 16.0 Å². The van der Waals surface area contributed by atoms with Crippen LogP contribution in [0.3, 0.4) is 0 Å². The summed E-state index contributed by atoms with van der Waals surface area (Å²) in [5.74, 6) is 0.527. The number of hydrogen-bond acceptors (Lipinski definition) is 1. The second kappa shape index (κ2) is 6.44. The molecule has 2 unspecified atom stereocenters. The monoisotopic (exact) mass is 360 g/mol. The average molecular weight is 362 g/mol. The zero-order valence-corrected chi connectivity index (χ0v) is 14.3. The summed E-state index contributed by atoms with van der Waals surface area (Å²) in [4.78, 5) is 4.54. The van der Waals surface area contributed by atoms with Crippen molar-refractivity contribution >= 4 is 38.6 Å². The van der Waals surface area contributed by atoms with Crippen LogP contribution in [-0.4, -0.2) is 9.55 Å². The average Bonchev–Trinajstić information content (AvgIpc) is 2.75. The molecule has 2 atom stereocenters. The molecule has 0 aliphatic heterocycles. The van der Waals surface area contributed by atoms with E-state index in [1.807, 2.05) is 6.92 Å². The minimum Gasteiger partial charge on any atom is -0.324 e. The number of alkyl halides is 1. The third-order valence-corrected chi connectivity index (χ3v) is 4.38. The van der Waals surface area contributed by atoms with Crippen LogP contribution in [-0.2, 0) is 0 Å². The van der Waals surface area contributed by atoms with Crippen LogP contribution in [0.25, 0.3) is 11.0 Å². The molecule has 0 aliphatic carbocycles. The molecule has 0 spiro atoms. The number of aromatic nitrogens is 2. The summed E-state index contributed by atoms with van der Waals surface area (Å²) >= 11 is 9.53. The van der Waals surface area contributed by atoms with Crippen molar-refractivity contribution in [2.45, 2.75) is 51.5 Å². The van der Waals surface area contributed by atoms with Gasteiger partial charge in [-0.25, -0.2) is 9.37 Å². The molecule has 1 aromatic carbocycles. The van der Waals surface area contributed by atoms with Gasteiger partial charge >= 0.3 is 0 Å². The Bertz CT molecular complexity index is 609. The predicted octanol–water partition coefficient (Wildman–Crippen LogP) is 5.99. The molecule has 2 nitrogen and oxygen atoms in total. The maximum absolute atomic E-state index is 13.7. The Morgan fingerprint density at radius 2 is 2.10 bits per heavy atom. The van der Waals surface area contributed by atoms with Crippen LogP contribution in [0.2, 0.25) is 0 Å². The first-order valence-electron chi connectivity index (χ1n) is 7.00. The van der Waals surface area contributed by atoms with E-state index in [4.69, 9.17) is 11.6 Å². The Morgan fingerprint density at radius 3 is 2.65 bits per heavy atom. The minimum absolute atomic E-state index is 0.199. The van der Waals surface area contributed by atoms with Crippen LogP contribution in [0.4, 0.5) is 4.39 Å². The number of imidazole rings is 1. The fourth-order valence-electron chi connectivity index (χ4n) is 2.62. The van der Waals surface area contributed by atoms with Crippen molar-refractivity contribution < 1.29 is 4.39 Å². The number of nitrogens with zero attached hydrogens (tertiary/aromatic N) is 2. The lowest BCUT2D eigenvalue weighted by atomic mass is 10.1. The zero-order valence-electron chi connectivity index (χ0n) is 12.0. The summed E-state index contributed by atoms with van der Waals surface area (Å²) in [5.41, 5.74) is 1.61. The fraction of sp³-hybridized carbons (Fsp3) is 0.533. The molecular formula is C15H19BrClFN2. The van der Waals surface area contributed by atoms with Gasteiger partial charge in [0.25, 0.3) is 0 Å². The Hall–Kier alpha value is -0.610. The maximum Gasteiger partial charge on any atom is 0.139 e. The Kier molecular flexibility index (Phi) is 5.08. The highest BCUT2D eigenvalue weighted by Gasteiger charge is 2.21. The molecular weight excluding hydrogens is 343 g/mol. The minimum atomic E-state index is -0.292. The van der Waals surface area contributed by atoms with Gasteiger partial charge in [-0.15, -0.1) is 11.6 Å². The van der Waals surface area contributed by atoms with Crippen molar-refractivity contribution in [1.82, 2.24) is 9.55 Å². The second-order valence-corrected chi connectivity index (χ2v) is 6.57. The molecule has 0 saturated heterocycles. The topological polar surface area (TPSA) is 17.8 Å². The Labute approximate surface area is 132 Å². The van der Waals surface area contributed by atoms with Crippen LogP contribution >= 0.6 is 27.5 Å². The fourth-order valence-corrected chi connectivity index (χ4v) is 3.11. The van der Waals surface area contributed by atoms with Gasteiger partial charge < -0.3 is 4.57 Å². The van der Waals surface area contributed by atoms with Crippen LogP contribution in [0, 0.1) is 5.82 Å². The van der Waals surface area contributed by atoms with Gasteiger partial charge in [0.05, 0.1) is 20.9 Å². The van der Waals surface area contributed by atoms with E-state index in [1.54, 1.807) is 6.07 Å². The predicted molar refractivity (Wildman–Crippen MR) is 85.9 cm³/mol. The molecule has 0 bridgehead atoms. The number of halogens is 3. The highest BCUT2D eigenvalue weighted by Crippen LogP contribution is 2.33. The van der Waals surface area contributed by atoms with Crippen molar-refractivity contribution in [2.75, 3.05) is 0 Å². The highest BCUT2D eigenvalue weighted by atomic mass is 79.9. The van der Waals surface area contributed by atoms with E-state index < -0.39 is 0 Å². The maximum atomic E-state index is 13.7. The van der Waals surface area contributed by atoms with E-state index in [2.05, 4.69) is 39.3 Å². The molecule has 0 saturated carbocycles. The van der Waals surface area contributed by atoms with E-state index >= 15 is 0 Å². The molecule has 1 heterocycles. The van der Waals surface area contributed by atoms with E-state index in [9.17, 15) is 4.39 Å². The zero-order chi connectivity index (χ0) is 14.9. The molecule has 0 radical (unpaired) electrons. The van der Waals surface area contributed by atoms with E-state index in [1.165, 1.54) is 6.07 Å². The van der Waals surface area contributed by atoms with E-state index in [0.717, 1.165) is 30.6 Å². The van der Waals surface area contributed by atoms with Crippen LogP contribution < -0.4 is 0 Å². The Balaban J connectivity index is 2.70. The largest absolute Gasteiger partial charge is 0.324 e. The van der Waals surface area contributed by atoms with Gasteiger partial charge in [-0.2, -0.15) is 0 Å². The van der Waals surface area contributed by atoms with Gasteiger partial charge in [0.15, 0.2) is 0 Å². The number of rotatable bonds is 5. The first kappa shape index (κ1) is 15.8. The van der Waals surface area contributed by atoms with Crippen LogP contribution in [0.1, 0.15) is 57.3 Å². The molecule has 20 heavy (non-hydrogen) atoms. The van der Waals surface area contributed by atoms with Crippen LogP contribution in [0.5, 0.6) is 0 Å². The summed E-state index contributed by atoms with van der Waals surface area (Å²) < 4.78 is 16.3. The second-order valence-electron chi connectivity index (χ2n) is 5.06. The summed E-state index contributed by atoms with van der Waals surface area (Å²) in [5, 5.41) is -0.199. The molecule has 5 heteroatoms. The summed E-state index contributed by atoms with van der Waals surface area (Å²) in [7, 11) is 0. The van der Waals surface area contributed by atoms with Crippen LogP contribution in [0.15, 0.2) is 16.6 Å². The van der Waals surface area contributed by atoms with E-state index in [-0.39, 0.29) is 11.2 Å². The van der Waals surface area contributed by atoms with Crippen molar-refractivity contribution in [3.05, 3.63) is 28.2 Å². The van der Waals surface area contributed by atoms with Gasteiger partial charge in [0, 0.05) is 12.1 Å². The SMILES string of the molecule is CCCC(CC)n1c(C(C)Cl)nc2cc(F)c(Br)cc21. The van der Waals surface area contributed by atoms with Gasteiger partial charge in [-0.3, -0.25) is 0 Å². The highest BCUT2D eigenvalue weighted by molar-refractivity contribution is 9.10. The summed E-state index contributed by atoms with van der Waals surface area (Å²) in [6.45, 7) is 6.23. The molecule has 110 valence electrons. The van der Waals surface area contributed by atoms with Gasteiger partial charge in [0.2, 0.25) is 0 Å². The molecule has 2 aromatic rings. The molecule has 0 aliphatic rings. The lowest BCUT2D eigenvalue weighted by Gasteiger charge is -2.21. The quantitative estimate of drug-likeness (QED) is 0.598. The summed E-state index contributed by atoms with van der Waals surface area (Å²) in [6, 6.07) is 3.62. The van der Waals surface area contributed by atoms with Gasteiger partial charge in [0.1, 0.15) is 11.6 Å². The molecule has 1 aromatic heterocycles. The molecule has 0 fully saturated rings. The third kappa shape index (κ3) is 2.86. The number of fused-ring (bicyclic) bond motifs is 1. The normalized spacial score (nSPS) is 14.7. The van der Waals surface area contributed by atoms with Crippen molar-refractivity contribution in [3.63, 3.8) is 0 Å². The van der Waals surface area contributed by atoms with Crippen molar-refractivity contribution in [3.8, 4) is 0 Å². The first-order chi connectivity index (χ1) is 9.49.